The Morgan fingerprint density at radius 1 is 1.06 bits per heavy atom. The number of hydrogen-bond donors (Lipinski definition) is 0. The monoisotopic (exact) mass is 465 g/mol. The number of fused-ring (bicyclic) bond motifs is 3. The minimum absolute atomic E-state index is 0.0153. The molecule has 0 radical (unpaired) electrons. The molecule has 7 heteroatoms. The van der Waals surface area contributed by atoms with Crippen LogP contribution in [0.2, 0.25) is 0 Å². The van der Waals surface area contributed by atoms with Gasteiger partial charge < -0.3 is 4.90 Å². The van der Waals surface area contributed by atoms with E-state index >= 15 is 0 Å². The van der Waals surface area contributed by atoms with Gasteiger partial charge in [-0.3, -0.25) is 14.2 Å². The van der Waals surface area contributed by atoms with Crippen molar-refractivity contribution in [3.63, 3.8) is 0 Å². The molecule has 174 valence electrons. The molecule has 3 heterocycles. The average molecular weight is 466 g/mol. The van der Waals surface area contributed by atoms with Gasteiger partial charge in [0, 0.05) is 17.5 Å². The van der Waals surface area contributed by atoms with Gasteiger partial charge in [0.2, 0.25) is 5.91 Å². The summed E-state index contributed by atoms with van der Waals surface area (Å²) in [6, 6.07) is 7.82. The Kier molecular flexibility index (Phi) is 5.99. The molecule has 0 bridgehead atoms. The van der Waals surface area contributed by atoms with Gasteiger partial charge in [0.1, 0.15) is 11.4 Å². The van der Waals surface area contributed by atoms with E-state index in [4.69, 9.17) is 0 Å². The molecule has 1 saturated heterocycles. The van der Waals surface area contributed by atoms with E-state index in [1.807, 2.05) is 29.2 Å². The number of likely N-dealkylation sites (tertiary alicyclic amines) is 1. The minimum atomic E-state index is -0.421. The lowest BCUT2D eigenvalue weighted by Crippen LogP contribution is -2.47. The lowest BCUT2D eigenvalue weighted by atomic mass is 10.00. The molecule has 0 spiro atoms. The van der Waals surface area contributed by atoms with Crippen LogP contribution in [0.25, 0.3) is 15.9 Å². The van der Waals surface area contributed by atoms with E-state index in [0.717, 1.165) is 69.0 Å². The van der Waals surface area contributed by atoms with Gasteiger partial charge in [0.15, 0.2) is 0 Å². The van der Waals surface area contributed by atoms with E-state index in [1.165, 1.54) is 20.8 Å². The highest BCUT2D eigenvalue weighted by Crippen LogP contribution is 2.35. The fourth-order valence-electron chi connectivity index (χ4n) is 5.43. The van der Waals surface area contributed by atoms with Crippen LogP contribution in [0.3, 0.4) is 0 Å². The average Bonchev–Trinajstić information content (AvgIpc) is 3.43. The predicted octanol–water partition coefficient (Wildman–Crippen LogP) is 4.06. The third-order valence-corrected chi connectivity index (χ3v) is 8.62. The number of benzene rings is 1. The third kappa shape index (κ3) is 3.76. The van der Waals surface area contributed by atoms with Crippen molar-refractivity contribution in [2.75, 3.05) is 6.54 Å². The first-order valence-electron chi connectivity index (χ1n) is 12.2. The molecule has 1 aliphatic carbocycles. The summed E-state index contributed by atoms with van der Waals surface area (Å²) in [4.78, 5) is 44.5. The van der Waals surface area contributed by atoms with Crippen LogP contribution in [0.15, 0.2) is 33.9 Å². The van der Waals surface area contributed by atoms with E-state index < -0.39 is 5.69 Å². The Bertz CT molecular complexity index is 1320. The fraction of sp³-hybridized carbons (Fsp3) is 0.500. The molecule has 1 amide bonds. The van der Waals surface area contributed by atoms with E-state index in [9.17, 15) is 14.4 Å². The molecule has 1 atom stereocenters. The van der Waals surface area contributed by atoms with E-state index in [0.29, 0.717) is 15.9 Å². The van der Waals surface area contributed by atoms with Crippen molar-refractivity contribution in [1.29, 1.82) is 0 Å². The van der Waals surface area contributed by atoms with Gasteiger partial charge in [0.05, 0.1) is 11.1 Å². The normalized spacial score (nSPS) is 18.1. The second-order valence-electron chi connectivity index (χ2n) is 9.21. The quantitative estimate of drug-likeness (QED) is 0.571. The first-order chi connectivity index (χ1) is 16.0. The first-order valence-corrected chi connectivity index (χ1v) is 13.0. The number of hydrogen-bond acceptors (Lipinski definition) is 4. The Morgan fingerprint density at radius 2 is 1.85 bits per heavy atom. The Hall–Kier alpha value is -2.67. The third-order valence-electron chi connectivity index (χ3n) is 7.30. The lowest BCUT2D eigenvalue weighted by Gasteiger charge is -2.35. The summed E-state index contributed by atoms with van der Waals surface area (Å²) in [5.41, 5.74) is 2.11. The Labute approximate surface area is 197 Å². The zero-order valence-electron chi connectivity index (χ0n) is 19.4. The minimum Gasteiger partial charge on any atom is -0.338 e. The maximum absolute atomic E-state index is 13.7. The highest BCUT2D eigenvalue weighted by atomic mass is 32.1. The molecule has 33 heavy (non-hydrogen) atoms. The Morgan fingerprint density at radius 3 is 2.58 bits per heavy atom. The molecule has 2 aromatic heterocycles. The number of carbonyl (C=O) groups excluding carboxylic acids is 1. The second-order valence-corrected chi connectivity index (χ2v) is 10.3. The van der Waals surface area contributed by atoms with Crippen LogP contribution in [0.1, 0.15) is 62.0 Å². The number of nitrogens with zero attached hydrogens (tertiary/aromatic N) is 3. The largest absolute Gasteiger partial charge is 0.338 e. The molecular formula is C26H31N3O3S. The van der Waals surface area contributed by atoms with Crippen LogP contribution in [0.4, 0.5) is 0 Å². The number of aryl methyl sites for hydroxylation is 3. The van der Waals surface area contributed by atoms with Crippen molar-refractivity contribution in [2.24, 2.45) is 0 Å². The summed E-state index contributed by atoms with van der Waals surface area (Å²) in [7, 11) is 0. The number of thiophene rings is 1. The SMILES string of the molecule is CCc1ccc(-n2c(=O)c3c4c(sc3n(CC(=O)N3CCCC[C@@H]3CC)c2=O)CCC4)cc1. The number of piperidine rings is 1. The summed E-state index contributed by atoms with van der Waals surface area (Å²) in [5, 5.41) is 0.630. The molecule has 1 aliphatic heterocycles. The van der Waals surface area contributed by atoms with Gasteiger partial charge in [-0.05, 0) is 74.6 Å². The Balaban J connectivity index is 1.67. The lowest BCUT2D eigenvalue weighted by molar-refractivity contribution is -0.135. The van der Waals surface area contributed by atoms with Gasteiger partial charge >= 0.3 is 5.69 Å². The van der Waals surface area contributed by atoms with Crippen molar-refractivity contribution >= 4 is 27.5 Å². The van der Waals surface area contributed by atoms with Crippen LogP contribution >= 0.6 is 11.3 Å². The topological polar surface area (TPSA) is 64.3 Å². The van der Waals surface area contributed by atoms with Gasteiger partial charge in [-0.1, -0.05) is 26.0 Å². The van der Waals surface area contributed by atoms with E-state index in [1.54, 1.807) is 4.57 Å². The molecule has 2 aliphatic rings. The standard InChI is InChI=1S/C26H31N3O3S/c1-3-17-11-13-19(14-12-17)29-24(31)23-20-9-7-10-21(20)33-25(23)28(26(29)32)16-22(30)27-15-6-5-8-18(27)4-2/h11-14,18H,3-10,15-16H2,1-2H3/t18-/m0/s1. The number of amides is 1. The number of carbonyl (C=O) groups is 1. The van der Waals surface area contributed by atoms with Crippen LogP contribution in [-0.2, 0) is 30.6 Å². The molecule has 5 rings (SSSR count). The molecule has 0 unspecified atom stereocenters. The molecular weight excluding hydrogens is 434 g/mol. The van der Waals surface area contributed by atoms with Gasteiger partial charge in [-0.15, -0.1) is 11.3 Å². The second kappa shape index (κ2) is 8.93. The summed E-state index contributed by atoms with van der Waals surface area (Å²) in [6.07, 6.45) is 7.80. The van der Waals surface area contributed by atoms with Crippen molar-refractivity contribution < 1.29 is 4.79 Å². The van der Waals surface area contributed by atoms with E-state index in [2.05, 4.69) is 13.8 Å². The van der Waals surface area contributed by atoms with Crippen LogP contribution in [-0.4, -0.2) is 32.5 Å². The van der Waals surface area contributed by atoms with Crippen LogP contribution in [0.5, 0.6) is 0 Å². The summed E-state index contributed by atoms with van der Waals surface area (Å²) < 4.78 is 2.84. The van der Waals surface area contributed by atoms with Crippen LogP contribution < -0.4 is 11.2 Å². The summed E-state index contributed by atoms with van der Waals surface area (Å²) >= 11 is 1.53. The van der Waals surface area contributed by atoms with Crippen LogP contribution in [0, 0.1) is 0 Å². The molecule has 0 saturated carbocycles. The predicted molar refractivity (Wildman–Crippen MR) is 133 cm³/mol. The van der Waals surface area contributed by atoms with Crippen molar-refractivity contribution in [1.82, 2.24) is 14.0 Å². The van der Waals surface area contributed by atoms with Gasteiger partial charge in [0.25, 0.3) is 5.56 Å². The molecule has 0 N–H and O–H groups in total. The maximum atomic E-state index is 13.7. The first kappa shape index (κ1) is 22.1. The van der Waals surface area contributed by atoms with Crippen molar-refractivity contribution in [2.45, 2.75) is 77.8 Å². The summed E-state index contributed by atoms with van der Waals surface area (Å²) in [6.45, 7) is 4.92. The smallest absolute Gasteiger partial charge is 0.337 e. The molecule has 3 aromatic rings. The zero-order valence-corrected chi connectivity index (χ0v) is 20.2. The maximum Gasteiger partial charge on any atom is 0.337 e. The highest BCUT2D eigenvalue weighted by molar-refractivity contribution is 7.19. The number of aromatic nitrogens is 2. The summed E-state index contributed by atoms with van der Waals surface area (Å²) in [5.74, 6) is -0.0231. The number of rotatable bonds is 5. The van der Waals surface area contributed by atoms with Crippen molar-refractivity contribution in [3.05, 3.63) is 61.1 Å². The molecule has 1 aromatic carbocycles. The molecule has 6 nitrogen and oxygen atoms in total. The fourth-order valence-corrected chi connectivity index (χ4v) is 6.81. The highest BCUT2D eigenvalue weighted by Gasteiger charge is 2.29. The van der Waals surface area contributed by atoms with Gasteiger partial charge in [-0.2, -0.15) is 0 Å². The van der Waals surface area contributed by atoms with E-state index in [-0.39, 0.29) is 24.1 Å². The molecule has 1 fully saturated rings. The van der Waals surface area contributed by atoms with Crippen molar-refractivity contribution in [3.8, 4) is 5.69 Å². The van der Waals surface area contributed by atoms with Gasteiger partial charge in [-0.25, -0.2) is 9.36 Å². The zero-order chi connectivity index (χ0) is 23.1.